The summed E-state index contributed by atoms with van der Waals surface area (Å²) < 4.78 is 45.3. The summed E-state index contributed by atoms with van der Waals surface area (Å²) >= 11 is 6.22. The predicted octanol–water partition coefficient (Wildman–Crippen LogP) is 4.57. The smallest absolute Gasteiger partial charge is 0.416 e. The molecule has 0 fully saturated rings. The SMILES string of the molecule is Cc1ccc(-n2nc(C)c(CC(=O)NCC(O)COc3cccc(C(F)(F)F)c3)c2C)cc1Cl. The van der Waals surface area contributed by atoms with Crippen molar-refractivity contribution in [2.24, 2.45) is 0 Å². The summed E-state index contributed by atoms with van der Waals surface area (Å²) in [6.07, 6.45) is -5.53. The van der Waals surface area contributed by atoms with Crippen LogP contribution in [0.25, 0.3) is 5.69 Å². The highest BCUT2D eigenvalue weighted by Crippen LogP contribution is 2.31. The third-order valence-corrected chi connectivity index (χ3v) is 5.72. The summed E-state index contributed by atoms with van der Waals surface area (Å²) in [6.45, 7) is 5.18. The van der Waals surface area contributed by atoms with Gasteiger partial charge in [0, 0.05) is 22.8 Å². The van der Waals surface area contributed by atoms with Gasteiger partial charge in [0.2, 0.25) is 5.91 Å². The standard InChI is InChI=1S/C24H25ClF3N3O3/c1-14-7-8-18(10-22(14)25)31-16(3)21(15(2)30-31)11-23(33)29-12-19(32)13-34-20-6-4-5-17(9-20)24(26,27)28/h4-10,19,32H,11-13H2,1-3H3,(H,29,33). The summed E-state index contributed by atoms with van der Waals surface area (Å²) in [6, 6.07) is 9.97. The molecule has 0 aliphatic rings. The van der Waals surface area contributed by atoms with Crippen molar-refractivity contribution in [1.82, 2.24) is 15.1 Å². The Labute approximate surface area is 200 Å². The number of rotatable bonds is 8. The second kappa shape index (κ2) is 10.5. The first kappa shape index (κ1) is 25.6. The van der Waals surface area contributed by atoms with Crippen LogP contribution in [0, 0.1) is 20.8 Å². The van der Waals surface area contributed by atoms with Crippen LogP contribution in [0.1, 0.15) is 28.1 Å². The van der Waals surface area contributed by atoms with Crippen LogP contribution in [-0.2, 0) is 17.4 Å². The van der Waals surface area contributed by atoms with Crippen LogP contribution in [0.2, 0.25) is 5.02 Å². The fourth-order valence-corrected chi connectivity index (χ4v) is 3.54. The topological polar surface area (TPSA) is 76.4 Å². The lowest BCUT2D eigenvalue weighted by atomic mass is 10.1. The Bertz CT molecular complexity index is 1180. The number of aliphatic hydroxyl groups is 1. The minimum atomic E-state index is -4.48. The number of carbonyl (C=O) groups excluding carboxylic acids is 1. The van der Waals surface area contributed by atoms with E-state index in [0.717, 1.165) is 34.6 Å². The second-order valence-corrected chi connectivity index (χ2v) is 8.37. The van der Waals surface area contributed by atoms with Crippen LogP contribution in [0.3, 0.4) is 0 Å². The Hall–Kier alpha value is -3.04. The Morgan fingerprint density at radius 1 is 1.21 bits per heavy atom. The van der Waals surface area contributed by atoms with Crippen LogP contribution in [0.4, 0.5) is 13.2 Å². The molecular formula is C24H25ClF3N3O3. The molecule has 0 saturated carbocycles. The van der Waals surface area contributed by atoms with Crippen molar-refractivity contribution in [2.45, 2.75) is 39.5 Å². The predicted molar refractivity (Wildman–Crippen MR) is 122 cm³/mol. The van der Waals surface area contributed by atoms with E-state index in [2.05, 4.69) is 10.4 Å². The molecule has 0 aliphatic heterocycles. The lowest BCUT2D eigenvalue weighted by molar-refractivity contribution is -0.137. The fourth-order valence-electron chi connectivity index (χ4n) is 3.36. The number of carbonyl (C=O) groups is 1. The largest absolute Gasteiger partial charge is 0.491 e. The molecule has 0 spiro atoms. The van der Waals surface area contributed by atoms with E-state index in [1.54, 1.807) is 17.7 Å². The van der Waals surface area contributed by atoms with Gasteiger partial charge >= 0.3 is 6.18 Å². The Morgan fingerprint density at radius 2 is 1.94 bits per heavy atom. The molecular weight excluding hydrogens is 471 g/mol. The average Bonchev–Trinajstić information content (AvgIpc) is 3.06. The highest BCUT2D eigenvalue weighted by molar-refractivity contribution is 6.31. The van der Waals surface area contributed by atoms with Gasteiger partial charge in [-0.3, -0.25) is 4.79 Å². The van der Waals surface area contributed by atoms with Gasteiger partial charge in [-0.2, -0.15) is 18.3 Å². The first-order chi connectivity index (χ1) is 16.0. The van der Waals surface area contributed by atoms with Crippen LogP contribution >= 0.6 is 11.6 Å². The van der Waals surface area contributed by atoms with Crippen molar-refractivity contribution in [1.29, 1.82) is 0 Å². The van der Waals surface area contributed by atoms with Gasteiger partial charge in [0.05, 0.1) is 23.4 Å². The normalized spacial score (nSPS) is 12.5. The number of aromatic nitrogens is 2. The van der Waals surface area contributed by atoms with E-state index in [-0.39, 0.29) is 31.2 Å². The van der Waals surface area contributed by atoms with Gasteiger partial charge in [-0.05, 0) is 56.7 Å². The van der Waals surface area contributed by atoms with E-state index in [0.29, 0.717) is 10.7 Å². The summed E-state index contributed by atoms with van der Waals surface area (Å²) in [5.74, 6) is -0.346. The molecule has 0 bridgehead atoms. The number of halogens is 4. The van der Waals surface area contributed by atoms with Gasteiger partial charge in [-0.15, -0.1) is 0 Å². The molecule has 1 amide bonds. The van der Waals surface area contributed by atoms with Gasteiger partial charge in [0.25, 0.3) is 0 Å². The van der Waals surface area contributed by atoms with Crippen LogP contribution < -0.4 is 10.1 Å². The molecule has 0 radical (unpaired) electrons. The molecule has 34 heavy (non-hydrogen) atoms. The first-order valence-electron chi connectivity index (χ1n) is 10.5. The maximum atomic E-state index is 12.8. The zero-order valence-electron chi connectivity index (χ0n) is 18.9. The van der Waals surface area contributed by atoms with Crippen molar-refractivity contribution in [3.8, 4) is 11.4 Å². The van der Waals surface area contributed by atoms with Crippen molar-refractivity contribution in [3.63, 3.8) is 0 Å². The van der Waals surface area contributed by atoms with Gasteiger partial charge in [0.1, 0.15) is 18.5 Å². The zero-order chi connectivity index (χ0) is 25.0. The minimum absolute atomic E-state index is 0.0184. The third kappa shape index (κ3) is 6.30. The Kier molecular flexibility index (Phi) is 7.89. The number of hydrogen-bond acceptors (Lipinski definition) is 4. The molecule has 2 N–H and O–H groups in total. The van der Waals surface area contributed by atoms with Crippen LogP contribution in [0.5, 0.6) is 5.75 Å². The zero-order valence-corrected chi connectivity index (χ0v) is 19.7. The van der Waals surface area contributed by atoms with E-state index in [9.17, 15) is 23.1 Å². The summed E-state index contributed by atoms with van der Waals surface area (Å²) in [5.41, 5.74) is 3.13. The summed E-state index contributed by atoms with van der Waals surface area (Å²) in [4.78, 5) is 12.4. The van der Waals surface area contributed by atoms with Crippen LogP contribution in [-0.4, -0.2) is 40.0 Å². The van der Waals surface area contributed by atoms with Crippen molar-refractivity contribution >= 4 is 17.5 Å². The lowest BCUT2D eigenvalue weighted by Gasteiger charge is -2.14. The first-order valence-corrected chi connectivity index (χ1v) is 10.9. The van der Waals surface area contributed by atoms with E-state index >= 15 is 0 Å². The summed E-state index contributed by atoms with van der Waals surface area (Å²) in [5, 5.41) is 17.8. The molecule has 2 aromatic carbocycles. The monoisotopic (exact) mass is 495 g/mol. The number of aliphatic hydroxyl groups excluding tert-OH is 1. The number of hydrogen-bond donors (Lipinski definition) is 2. The number of benzene rings is 2. The van der Waals surface area contributed by atoms with Crippen LogP contribution in [0.15, 0.2) is 42.5 Å². The quantitative estimate of drug-likeness (QED) is 0.480. The highest BCUT2D eigenvalue weighted by atomic mass is 35.5. The highest BCUT2D eigenvalue weighted by Gasteiger charge is 2.30. The van der Waals surface area contributed by atoms with E-state index in [1.807, 2.05) is 26.0 Å². The van der Waals surface area contributed by atoms with Gasteiger partial charge < -0.3 is 15.2 Å². The minimum Gasteiger partial charge on any atom is -0.491 e. The van der Waals surface area contributed by atoms with Gasteiger partial charge in [0.15, 0.2) is 0 Å². The number of aryl methyl sites for hydroxylation is 2. The van der Waals surface area contributed by atoms with Gasteiger partial charge in [-0.25, -0.2) is 4.68 Å². The molecule has 3 aromatic rings. The Balaban J connectivity index is 1.55. The van der Waals surface area contributed by atoms with E-state index in [4.69, 9.17) is 16.3 Å². The fraction of sp³-hybridized carbons (Fsp3) is 0.333. The van der Waals surface area contributed by atoms with Crippen molar-refractivity contribution in [3.05, 3.63) is 75.6 Å². The van der Waals surface area contributed by atoms with Gasteiger partial charge in [-0.1, -0.05) is 23.7 Å². The Morgan fingerprint density at radius 3 is 2.62 bits per heavy atom. The van der Waals surface area contributed by atoms with E-state index in [1.165, 1.54) is 12.1 Å². The number of ether oxygens (including phenoxy) is 1. The third-order valence-electron chi connectivity index (χ3n) is 5.32. The molecule has 0 aliphatic carbocycles. The van der Waals surface area contributed by atoms with E-state index < -0.39 is 17.8 Å². The average molecular weight is 496 g/mol. The maximum Gasteiger partial charge on any atom is 0.416 e. The number of amides is 1. The lowest BCUT2D eigenvalue weighted by Crippen LogP contribution is -2.36. The molecule has 1 atom stereocenters. The molecule has 6 nitrogen and oxygen atoms in total. The number of nitrogens with zero attached hydrogens (tertiary/aromatic N) is 2. The molecule has 182 valence electrons. The molecule has 3 rings (SSSR count). The molecule has 1 aromatic heterocycles. The number of alkyl halides is 3. The van der Waals surface area contributed by atoms with Crippen molar-refractivity contribution in [2.75, 3.05) is 13.2 Å². The molecule has 1 heterocycles. The maximum absolute atomic E-state index is 12.8. The van der Waals surface area contributed by atoms with Crippen molar-refractivity contribution < 1.29 is 27.8 Å². The summed E-state index contributed by atoms with van der Waals surface area (Å²) in [7, 11) is 0. The molecule has 10 heteroatoms. The molecule has 0 saturated heterocycles. The number of nitrogens with one attached hydrogen (secondary N) is 1. The second-order valence-electron chi connectivity index (χ2n) is 7.97. The molecule has 1 unspecified atom stereocenters.